The Hall–Kier alpha value is -0.890. The maximum Gasteiger partial charge on any atom is 0.0300 e. The molecule has 0 aliphatic carbocycles. The summed E-state index contributed by atoms with van der Waals surface area (Å²) in [5.74, 6) is 0. The van der Waals surface area contributed by atoms with Crippen LogP contribution in [0.1, 0.15) is 25.0 Å². The van der Waals surface area contributed by atoms with Crippen LogP contribution in [0.4, 0.5) is 0 Å². The van der Waals surface area contributed by atoms with E-state index in [0.29, 0.717) is 6.04 Å². The molecule has 0 aliphatic heterocycles. The van der Waals surface area contributed by atoms with E-state index in [1.807, 2.05) is 12.4 Å². The molecule has 0 N–H and O–H groups in total. The predicted molar refractivity (Wildman–Crippen MR) is 55.6 cm³/mol. The maximum absolute atomic E-state index is 4.08. The van der Waals surface area contributed by atoms with Crippen molar-refractivity contribution in [3.8, 4) is 0 Å². The van der Waals surface area contributed by atoms with Gasteiger partial charge in [0.1, 0.15) is 0 Å². The minimum Gasteiger partial charge on any atom is -0.300 e. The van der Waals surface area contributed by atoms with Gasteiger partial charge in [-0.15, -0.1) is 0 Å². The van der Waals surface area contributed by atoms with Gasteiger partial charge in [0.2, 0.25) is 0 Å². The molecule has 0 fully saturated rings. The van der Waals surface area contributed by atoms with Crippen molar-refractivity contribution in [1.82, 2.24) is 9.88 Å². The van der Waals surface area contributed by atoms with Crippen LogP contribution in [0.2, 0.25) is 0 Å². The molecule has 1 aromatic rings. The Bertz CT molecular complexity index is 269. The second kappa shape index (κ2) is 4.38. The number of pyridine rings is 1. The summed E-state index contributed by atoms with van der Waals surface area (Å²) in [6, 6.07) is 2.68. The Morgan fingerprint density at radius 3 is 2.69 bits per heavy atom. The van der Waals surface area contributed by atoms with Crippen molar-refractivity contribution in [2.45, 2.75) is 33.4 Å². The zero-order valence-corrected chi connectivity index (χ0v) is 8.91. The quantitative estimate of drug-likeness (QED) is 0.705. The molecule has 0 amide bonds. The van der Waals surface area contributed by atoms with Gasteiger partial charge in [-0.1, -0.05) is 0 Å². The van der Waals surface area contributed by atoms with Gasteiger partial charge in [-0.05, 0) is 45.0 Å². The summed E-state index contributed by atoms with van der Waals surface area (Å²) >= 11 is 0. The monoisotopic (exact) mass is 178 g/mol. The fourth-order valence-electron chi connectivity index (χ4n) is 1.13. The van der Waals surface area contributed by atoms with Crippen LogP contribution >= 0.6 is 0 Å². The molecule has 2 nitrogen and oxygen atoms in total. The summed E-state index contributed by atoms with van der Waals surface area (Å²) in [7, 11) is 2.14. The first-order valence-electron chi connectivity index (χ1n) is 4.71. The third-order valence-corrected chi connectivity index (χ3v) is 2.44. The van der Waals surface area contributed by atoms with E-state index >= 15 is 0 Å². The summed E-state index contributed by atoms with van der Waals surface area (Å²) < 4.78 is 0. The fraction of sp³-hybridized carbons (Fsp3) is 0.545. The van der Waals surface area contributed by atoms with Crippen LogP contribution in [0, 0.1) is 6.92 Å². The Morgan fingerprint density at radius 1 is 1.46 bits per heavy atom. The first-order chi connectivity index (χ1) is 6.11. The van der Waals surface area contributed by atoms with Gasteiger partial charge >= 0.3 is 0 Å². The smallest absolute Gasteiger partial charge is 0.0300 e. The highest BCUT2D eigenvalue weighted by Gasteiger charge is 2.05. The molecule has 2 heteroatoms. The molecule has 0 aromatic carbocycles. The fourth-order valence-corrected chi connectivity index (χ4v) is 1.13. The Balaban J connectivity index is 2.69. The summed E-state index contributed by atoms with van der Waals surface area (Å²) in [6.45, 7) is 7.52. The number of hydrogen-bond acceptors (Lipinski definition) is 2. The number of rotatable bonds is 3. The minimum absolute atomic E-state index is 0.590. The largest absolute Gasteiger partial charge is 0.300 e. The molecule has 1 heterocycles. The summed E-state index contributed by atoms with van der Waals surface area (Å²) in [4.78, 5) is 6.40. The zero-order chi connectivity index (χ0) is 9.84. The van der Waals surface area contributed by atoms with Crippen molar-refractivity contribution < 1.29 is 0 Å². The lowest BCUT2D eigenvalue weighted by atomic mass is 10.1. The summed E-state index contributed by atoms with van der Waals surface area (Å²) in [5, 5.41) is 0. The standard InChI is InChI=1S/C11H18N2/c1-9(2)13(4)8-11-5-6-12-7-10(11)3/h5-7,9H,8H2,1-4H3. The van der Waals surface area contributed by atoms with Crippen molar-refractivity contribution in [3.63, 3.8) is 0 Å². The van der Waals surface area contributed by atoms with Crippen LogP contribution in [0.25, 0.3) is 0 Å². The molecule has 1 rings (SSSR count). The van der Waals surface area contributed by atoms with Gasteiger partial charge in [-0.3, -0.25) is 9.88 Å². The topological polar surface area (TPSA) is 16.1 Å². The normalized spacial score (nSPS) is 11.2. The van der Waals surface area contributed by atoms with Crippen LogP contribution < -0.4 is 0 Å². The van der Waals surface area contributed by atoms with E-state index in [1.54, 1.807) is 0 Å². The van der Waals surface area contributed by atoms with E-state index in [2.05, 4.69) is 43.8 Å². The van der Waals surface area contributed by atoms with Crippen LogP contribution in [0.15, 0.2) is 18.5 Å². The molecule has 13 heavy (non-hydrogen) atoms. The van der Waals surface area contributed by atoms with Crippen molar-refractivity contribution >= 4 is 0 Å². The minimum atomic E-state index is 0.590. The average Bonchev–Trinajstić information content (AvgIpc) is 2.08. The zero-order valence-electron chi connectivity index (χ0n) is 8.91. The summed E-state index contributed by atoms with van der Waals surface area (Å²) in [5.41, 5.74) is 2.64. The molecule has 0 saturated heterocycles. The highest BCUT2D eigenvalue weighted by molar-refractivity contribution is 5.21. The van der Waals surface area contributed by atoms with E-state index in [4.69, 9.17) is 0 Å². The Kier molecular flexibility index (Phi) is 3.43. The number of nitrogens with zero attached hydrogens (tertiary/aromatic N) is 2. The molecule has 0 aliphatic rings. The molecular weight excluding hydrogens is 160 g/mol. The molecule has 1 aromatic heterocycles. The van der Waals surface area contributed by atoms with Gasteiger partial charge in [-0.2, -0.15) is 0 Å². The first kappa shape index (κ1) is 10.2. The van der Waals surface area contributed by atoms with Gasteiger partial charge in [0, 0.05) is 25.0 Å². The Labute approximate surface area is 80.6 Å². The third kappa shape index (κ3) is 2.81. The van der Waals surface area contributed by atoms with E-state index < -0.39 is 0 Å². The van der Waals surface area contributed by atoms with E-state index in [9.17, 15) is 0 Å². The maximum atomic E-state index is 4.08. The molecule has 72 valence electrons. The molecule has 0 spiro atoms. The van der Waals surface area contributed by atoms with Crippen LogP contribution in [-0.2, 0) is 6.54 Å². The van der Waals surface area contributed by atoms with E-state index in [-0.39, 0.29) is 0 Å². The van der Waals surface area contributed by atoms with Crippen molar-refractivity contribution in [1.29, 1.82) is 0 Å². The predicted octanol–water partition coefficient (Wildman–Crippen LogP) is 2.23. The molecule has 0 bridgehead atoms. The van der Waals surface area contributed by atoms with Crippen molar-refractivity contribution in [2.24, 2.45) is 0 Å². The highest BCUT2D eigenvalue weighted by Crippen LogP contribution is 2.09. The number of hydrogen-bond donors (Lipinski definition) is 0. The molecule has 0 radical (unpaired) electrons. The molecule has 0 unspecified atom stereocenters. The van der Waals surface area contributed by atoms with Crippen LogP contribution in [0.5, 0.6) is 0 Å². The van der Waals surface area contributed by atoms with E-state index in [1.165, 1.54) is 11.1 Å². The lowest BCUT2D eigenvalue weighted by Gasteiger charge is -2.21. The lowest BCUT2D eigenvalue weighted by Crippen LogP contribution is -2.25. The number of aromatic nitrogens is 1. The third-order valence-electron chi connectivity index (χ3n) is 2.44. The van der Waals surface area contributed by atoms with Gasteiger partial charge < -0.3 is 0 Å². The first-order valence-corrected chi connectivity index (χ1v) is 4.71. The van der Waals surface area contributed by atoms with E-state index in [0.717, 1.165) is 6.54 Å². The second-order valence-corrected chi connectivity index (χ2v) is 3.81. The lowest BCUT2D eigenvalue weighted by molar-refractivity contribution is 0.265. The van der Waals surface area contributed by atoms with Gasteiger partial charge in [-0.25, -0.2) is 0 Å². The Morgan fingerprint density at radius 2 is 2.15 bits per heavy atom. The molecule has 0 atom stereocenters. The average molecular weight is 178 g/mol. The second-order valence-electron chi connectivity index (χ2n) is 3.81. The number of aryl methyl sites for hydroxylation is 1. The van der Waals surface area contributed by atoms with Crippen molar-refractivity contribution in [2.75, 3.05) is 7.05 Å². The van der Waals surface area contributed by atoms with Gasteiger partial charge in [0.05, 0.1) is 0 Å². The SMILES string of the molecule is Cc1cnccc1CN(C)C(C)C. The molecule has 0 saturated carbocycles. The highest BCUT2D eigenvalue weighted by atomic mass is 15.1. The van der Waals surface area contributed by atoms with Gasteiger partial charge in [0.15, 0.2) is 0 Å². The van der Waals surface area contributed by atoms with Crippen LogP contribution in [-0.4, -0.2) is 23.0 Å². The van der Waals surface area contributed by atoms with Crippen molar-refractivity contribution in [3.05, 3.63) is 29.6 Å². The summed E-state index contributed by atoms with van der Waals surface area (Å²) in [6.07, 6.45) is 3.78. The van der Waals surface area contributed by atoms with Crippen LogP contribution in [0.3, 0.4) is 0 Å². The molecular formula is C11H18N2. The van der Waals surface area contributed by atoms with Gasteiger partial charge in [0.25, 0.3) is 0 Å².